The van der Waals surface area contributed by atoms with Crippen molar-refractivity contribution < 1.29 is 5.21 Å². The van der Waals surface area contributed by atoms with E-state index in [9.17, 15) is 0 Å². The van der Waals surface area contributed by atoms with Crippen LogP contribution in [0.15, 0.2) is 0 Å². The third-order valence-corrected chi connectivity index (χ3v) is 1.49. The van der Waals surface area contributed by atoms with Crippen molar-refractivity contribution in [1.82, 2.24) is 5.48 Å². The average molecular weight is 116 g/mol. The van der Waals surface area contributed by atoms with Crippen molar-refractivity contribution in [3.05, 3.63) is 0 Å². The second-order valence-corrected chi connectivity index (χ2v) is 2.01. The van der Waals surface area contributed by atoms with E-state index < -0.39 is 0 Å². The Labute approximate surface area is 50.9 Å². The number of hydroxylamine groups is 1. The van der Waals surface area contributed by atoms with Gasteiger partial charge in [0.05, 0.1) is 0 Å². The van der Waals surface area contributed by atoms with Crippen LogP contribution in [0.25, 0.3) is 0 Å². The van der Waals surface area contributed by atoms with Crippen LogP contribution < -0.4 is 5.48 Å². The largest absolute Gasteiger partial charge is 0.297 e. The summed E-state index contributed by atoms with van der Waals surface area (Å²) in [5, 5.41) is 8.12. The Hall–Kier alpha value is -0.0800. The highest BCUT2D eigenvalue weighted by Gasteiger charge is 2.00. The van der Waals surface area contributed by atoms with Gasteiger partial charge in [0.2, 0.25) is 0 Å². The lowest BCUT2D eigenvalue weighted by molar-refractivity contribution is 0.136. The summed E-state index contributed by atoms with van der Waals surface area (Å²) >= 11 is 0. The minimum absolute atomic E-state index is 0.583. The van der Waals surface area contributed by atoms with Gasteiger partial charge in [-0.1, -0.05) is 26.7 Å². The van der Waals surface area contributed by atoms with Gasteiger partial charge >= 0.3 is 0 Å². The minimum atomic E-state index is 0.583. The molecule has 0 amide bonds. The molecule has 0 aromatic carbocycles. The van der Waals surface area contributed by atoms with Crippen molar-refractivity contribution >= 4 is 0 Å². The van der Waals surface area contributed by atoms with Gasteiger partial charge in [-0.15, -0.1) is 5.48 Å². The standard InChI is InChI=1S/C6H14NO/c1-3-6(4-2)5-7-8/h6,8H,3-5H2,1-2H3. The molecule has 0 saturated carbocycles. The van der Waals surface area contributed by atoms with E-state index in [1.165, 1.54) is 0 Å². The van der Waals surface area contributed by atoms with Crippen molar-refractivity contribution in [1.29, 1.82) is 0 Å². The van der Waals surface area contributed by atoms with Gasteiger partial charge in [0, 0.05) is 6.54 Å². The Morgan fingerprint density at radius 2 is 1.88 bits per heavy atom. The van der Waals surface area contributed by atoms with Crippen molar-refractivity contribution in [2.75, 3.05) is 6.54 Å². The zero-order chi connectivity index (χ0) is 6.41. The average Bonchev–Trinajstić information content (AvgIpc) is 1.83. The van der Waals surface area contributed by atoms with E-state index in [0.717, 1.165) is 12.8 Å². The van der Waals surface area contributed by atoms with Crippen molar-refractivity contribution in [2.45, 2.75) is 26.7 Å². The number of hydrogen-bond acceptors (Lipinski definition) is 1. The molecule has 0 spiro atoms. The van der Waals surface area contributed by atoms with Crippen LogP contribution in [0.2, 0.25) is 0 Å². The first-order valence-electron chi connectivity index (χ1n) is 3.16. The summed E-state index contributed by atoms with van der Waals surface area (Å²) in [7, 11) is 0. The van der Waals surface area contributed by atoms with Crippen molar-refractivity contribution in [3.63, 3.8) is 0 Å². The maximum absolute atomic E-state index is 8.12. The van der Waals surface area contributed by atoms with E-state index in [-0.39, 0.29) is 0 Å². The molecule has 0 aromatic rings. The maximum atomic E-state index is 8.12. The molecule has 0 aliphatic heterocycles. The summed E-state index contributed by atoms with van der Waals surface area (Å²) in [6, 6.07) is 0. The Morgan fingerprint density at radius 3 is 2.00 bits per heavy atom. The van der Waals surface area contributed by atoms with Crippen LogP contribution in [0.3, 0.4) is 0 Å². The van der Waals surface area contributed by atoms with Crippen LogP contribution in [0, 0.1) is 5.92 Å². The molecule has 2 nitrogen and oxygen atoms in total. The molecule has 1 N–H and O–H groups in total. The molecule has 0 aliphatic rings. The zero-order valence-corrected chi connectivity index (χ0v) is 5.59. The van der Waals surface area contributed by atoms with E-state index in [4.69, 9.17) is 5.21 Å². The SMILES string of the molecule is CCC(CC)C[N]O. The lowest BCUT2D eigenvalue weighted by atomic mass is 10.0. The zero-order valence-electron chi connectivity index (χ0n) is 5.59. The summed E-state index contributed by atoms with van der Waals surface area (Å²) in [4.78, 5) is 0. The highest BCUT2D eigenvalue weighted by molar-refractivity contribution is 4.52. The molecule has 2 heteroatoms. The molecule has 1 radical (unpaired) electrons. The second-order valence-electron chi connectivity index (χ2n) is 2.01. The van der Waals surface area contributed by atoms with Gasteiger partial charge in [-0.3, -0.25) is 5.21 Å². The fourth-order valence-corrected chi connectivity index (χ4v) is 0.662. The molecule has 49 valence electrons. The molecule has 0 fully saturated rings. The van der Waals surface area contributed by atoms with Crippen LogP contribution in [-0.2, 0) is 0 Å². The van der Waals surface area contributed by atoms with Crippen LogP contribution in [0.4, 0.5) is 0 Å². The van der Waals surface area contributed by atoms with Gasteiger partial charge in [0.1, 0.15) is 0 Å². The first-order valence-corrected chi connectivity index (χ1v) is 3.16. The van der Waals surface area contributed by atoms with Gasteiger partial charge in [-0.25, -0.2) is 0 Å². The monoisotopic (exact) mass is 116 g/mol. The summed E-state index contributed by atoms with van der Waals surface area (Å²) < 4.78 is 0. The smallest absolute Gasteiger partial charge is 0.0452 e. The van der Waals surface area contributed by atoms with Crippen molar-refractivity contribution in [3.8, 4) is 0 Å². The fraction of sp³-hybridized carbons (Fsp3) is 1.00. The summed E-state index contributed by atoms with van der Waals surface area (Å²) in [6.07, 6.45) is 2.22. The van der Waals surface area contributed by atoms with Gasteiger partial charge in [0.15, 0.2) is 0 Å². The molecule has 0 unspecified atom stereocenters. The third-order valence-electron chi connectivity index (χ3n) is 1.49. The van der Waals surface area contributed by atoms with Crippen LogP contribution in [-0.4, -0.2) is 11.8 Å². The van der Waals surface area contributed by atoms with Gasteiger partial charge < -0.3 is 0 Å². The van der Waals surface area contributed by atoms with Crippen LogP contribution >= 0.6 is 0 Å². The maximum Gasteiger partial charge on any atom is 0.0452 e. The number of hydrogen-bond donors (Lipinski definition) is 1. The lowest BCUT2D eigenvalue weighted by Gasteiger charge is -2.06. The molecule has 0 aromatic heterocycles. The summed E-state index contributed by atoms with van der Waals surface area (Å²) in [6.45, 7) is 4.83. The van der Waals surface area contributed by atoms with Gasteiger partial charge in [-0.05, 0) is 5.92 Å². The second kappa shape index (κ2) is 5.06. The Kier molecular flexibility index (Phi) is 5.01. The van der Waals surface area contributed by atoms with E-state index >= 15 is 0 Å². The number of nitrogens with zero attached hydrogens (tertiary/aromatic N) is 1. The van der Waals surface area contributed by atoms with E-state index in [1.54, 1.807) is 0 Å². The lowest BCUT2D eigenvalue weighted by Crippen LogP contribution is -2.11. The molecule has 0 rings (SSSR count). The Bertz CT molecular complexity index is 43.8. The molecule has 0 bridgehead atoms. The van der Waals surface area contributed by atoms with Crippen LogP contribution in [0.5, 0.6) is 0 Å². The Morgan fingerprint density at radius 1 is 1.38 bits per heavy atom. The molecular weight excluding hydrogens is 102 g/mol. The van der Waals surface area contributed by atoms with E-state index in [1.807, 2.05) is 0 Å². The van der Waals surface area contributed by atoms with E-state index in [2.05, 4.69) is 19.3 Å². The molecular formula is C6H14NO. The normalized spacial score (nSPS) is 10.5. The van der Waals surface area contributed by atoms with Crippen molar-refractivity contribution in [2.24, 2.45) is 5.92 Å². The first-order chi connectivity index (χ1) is 3.85. The minimum Gasteiger partial charge on any atom is -0.297 e. The van der Waals surface area contributed by atoms with Crippen LogP contribution in [0.1, 0.15) is 26.7 Å². The summed E-state index contributed by atoms with van der Waals surface area (Å²) in [5.41, 5.74) is 3.08. The predicted molar refractivity (Wildman–Crippen MR) is 32.9 cm³/mol. The quantitative estimate of drug-likeness (QED) is 0.554. The van der Waals surface area contributed by atoms with Gasteiger partial charge in [-0.2, -0.15) is 0 Å². The Balaban J connectivity index is 3.07. The first kappa shape index (κ1) is 7.92. The predicted octanol–water partition coefficient (Wildman–Crippen LogP) is 1.42. The molecule has 0 aliphatic carbocycles. The number of rotatable bonds is 4. The van der Waals surface area contributed by atoms with Gasteiger partial charge in [0.25, 0.3) is 0 Å². The third kappa shape index (κ3) is 2.99. The highest BCUT2D eigenvalue weighted by Crippen LogP contribution is 2.04. The molecule has 0 atom stereocenters. The van der Waals surface area contributed by atoms with E-state index in [0.29, 0.717) is 12.5 Å². The highest BCUT2D eigenvalue weighted by atomic mass is 16.5. The molecule has 0 saturated heterocycles. The molecule has 8 heavy (non-hydrogen) atoms. The topological polar surface area (TPSA) is 34.3 Å². The summed E-state index contributed by atoms with van der Waals surface area (Å²) in [5.74, 6) is 0.583. The molecule has 0 heterocycles. The fourth-order valence-electron chi connectivity index (χ4n) is 0.662.